The molecule has 1 saturated heterocycles. The number of morpholine rings is 1. The summed E-state index contributed by atoms with van der Waals surface area (Å²) in [6, 6.07) is 14.7. The fourth-order valence-corrected chi connectivity index (χ4v) is 4.50. The summed E-state index contributed by atoms with van der Waals surface area (Å²) >= 11 is 0. The number of quaternary nitrogens is 1. The Morgan fingerprint density at radius 3 is 2.67 bits per heavy atom. The third kappa shape index (κ3) is 3.66. The maximum absolute atomic E-state index is 13.5. The van der Waals surface area contributed by atoms with Gasteiger partial charge in [-0.1, -0.05) is 0 Å². The van der Waals surface area contributed by atoms with Gasteiger partial charge in [-0.3, -0.25) is 4.79 Å². The summed E-state index contributed by atoms with van der Waals surface area (Å²) in [5, 5.41) is 0. The molecular weight excluding hydrogens is 385 g/mol. The number of nitrogens with one attached hydrogen (secondary N) is 1. The minimum Gasteiger partial charge on any atom is -0.450 e. The Morgan fingerprint density at radius 2 is 1.87 bits per heavy atom. The molecule has 0 radical (unpaired) electrons. The average Bonchev–Trinajstić information content (AvgIpc) is 3.44. The topological polar surface area (TPSA) is 52.0 Å². The highest BCUT2D eigenvalue weighted by atomic mass is 19.1. The number of halogens is 1. The monoisotopic (exact) mass is 410 g/mol. The van der Waals surface area contributed by atoms with Gasteiger partial charge in [0.15, 0.2) is 17.6 Å². The van der Waals surface area contributed by atoms with E-state index in [9.17, 15) is 9.18 Å². The van der Waals surface area contributed by atoms with Crippen molar-refractivity contribution in [2.45, 2.75) is 19.1 Å². The van der Waals surface area contributed by atoms with Gasteiger partial charge in [0.05, 0.1) is 32.0 Å². The second-order valence-corrected chi connectivity index (χ2v) is 7.87. The highest BCUT2D eigenvalue weighted by Gasteiger charge is 2.33. The maximum atomic E-state index is 13.5. The van der Waals surface area contributed by atoms with Crippen LogP contribution in [0.4, 0.5) is 4.39 Å². The first-order valence-electron chi connectivity index (χ1n) is 10.4. The van der Waals surface area contributed by atoms with Crippen LogP contribution in [0.1, 0.15) is 33.6 Å². The number of rotatable bonds is 4. The zero-order valence-corrected chi connectivity index (χ0v) is 16.7. The summed E-state index contributed by atoms with van der Waals surface area (Å²) in [7, 11) is 0. The molecule has 1 amide bonds. The molecule has 0 bridgehead atoms. The molecule has 5 rings (SSSR count). The Bertz CT molecular complexity index is 1020. The number of hydrogen-bond acceptors (Lipinski definition) is 3. The number of benzene rings is 1. The molecule has 4 heterocycles. The maximum Gasteiger partial charge on any atom is 0.289 e. The Kier molecular flexibility index (Phi) is 5.14. The number of carbonyl (C=O) groups is 1. The third-order valence-electron chi connectivity index (χ3n) is 6.02. The average molecular weight is 410 g/mol. The Balaban J connectivity index is 1.38. The van der Waals surface area contributed by atoms with Crippen LogP contribution in [-0.4, -0.2) is 48.2 Å². The van der Waals surface area contributed by atoms with Crippen molar-refractivity contribution in [1.29, 1.82) is 0 Å². The van der Waals surface area contributed by atoms with E-state index in [1.165, 1.54) is 22.7 Å². The second-order valence-electron chi connectivity index (χ2n) is 7.87. The zero-order valence-electron chi connectivity index (χ0n) is 16.7. The smallest absolute Gasteiger partial charge is 0.289 e. The lowest BCUT2D eigenvalue weighted by molar-refractivity contribution is -0.944. The van der Waals surface area contributed by atoms with Gasteiger partial charge in [0.2, 0.25) is 0 Å². The number of furan rings is 1. The molecule has 1 aromatic carbocycles. The summed E-state index contributed by atoms with van der Waals surface area (Å²) in [5.74, 6) is 0.852. The van der Waals surface area contributed by atoms with Crippen LogP contribution in [0.15, 0.2) is 59.1 Å². The number of hydrogen-bond donors (Lipinski definition) is 1. The summed E-state index contributed by atoms with van der Waals surface area (Å²) in [4.78, 5) is 15.8. The van der Waals surface area contributed by atoms with E-state index >= 15 is 0 Å². The number of amides is 1. The number of ether oxygens (including phenoxy) is 1. The minimum absolute atomic E-state index is 0.0813. The van der Waals surface area contributed by atoms with Gasteiger partial charge in [-0.25, -0.2) is 4.39 Å². The zero-order chi connectivity index (χ0) is 20.5. The van der Waals surface area contributed by atoms with E-state index in [-0.39, 0.29) is 17.8 Å². The van der Waals surface area contributed by atoms with E-state index in [4.69, 9.17) is 9.15 Å². The highest BCUT2D eigenvalue weighted by molar-refractivity contribution is 5.91. The summed E-state index contributed by atoms with van der Waals surface area (Å²) in [6.07, 6.45) is 2.09. The molecule has 0 spiro atoms. The van der Waals surface area contributed by atoms with Gasteiger partial charge in [-0.2, -0.15) is 0 Å². The molecule has 1 fully saturated rings. The third-order valence-corrected chi connectivity index (χ3v) is 6.02. The van der Waals surface area contributed by atoms with Gasteiger partial charge < -0.3 is 23.5 Å². The van der Waals surface area contributed by atoms with Crippen LogP contribution < -0.4 is 4.90 Å². The van der Waals surface area contributed by atoms with E-state index in [1.54, 1.807) is 11.0 Å². The van der Waals surface area contributed by atoms with Crippen LogP contribution in [0.5, 0.6) is 0 Å². The minimum atomic E-state index is -0.233. The van der Waals surface area contributed by atoms with Gasteiger partial charge >= 0.3 is 0 Å². The lowest BCUT2D eigenvalue weighted by Crippen LogP contribution is -3.12. The number of fused-ring (bicyclic) bond motifs is 1. The fourth-order valence-electron chi connectivity index (χ4n) is 4.50. The molecule has 2 atom stereocenters. The Morgan fingerprint density at radius 1 is 1.07 bits per heavy atom. The van der Waals surface area contributed by atoms with Gasteiger partial charge in [-0.05, 0) is 48.5 Å². The molecule has 1 N–H and O–H groups in total. The molecule has 1 unspecified atom stereocenters. The fraction of sp³-hybridized carbons (Fsp3) is 0.348. The Labute approximate surface area is 174 Å². The molecule has 0 saturated carbocycles. The molecular formula is C23H25FN3O3+. The second kappa shape index (κ2) is 8.08. The van der Waals surface area contributed by atoms with Crippen molar-refractivity contribution in [2.24, 2.45) is 0 Å². The first-order valence-corrected chi connectivity index (χ1v) is 10.4. The lowest BCUT2D eigenvalue weighted by Gasteiger charge is -2.33. The quantitative estimate of drug-likeness (QED) is 0.715. The molecule has 156 valence electrons. The van der Waals surface area contributed by atoms with E-state index in [0.717, 1.165) is 24.4 Å². The highest BCUT2D eigenvalue weighted by Crippen LogP contribution is 2.23. The molecule has 6 nitrogen and oxygen atoms in total. The normalized spacial score (nSPS) is 21.4. The van der Waals surface area contributed by atoms with Crippen LogP contribution in [0.3, 0.4) is 0 Å². The van der Waals surface area contributed by atoms with Crippen LogP contribution in [-0.2, 0) is 17.8 Å². The van der Waals surface area contributed by atoms with Gasteiger partial charge in [-0.15, -0.1) is 0 Å². The van der Waals surface area contributed by atoms with Crippen molar-refractivity contribution in [1.82, 2.24) is 9.47 Å². The van der Waals surface area contributed by atoms with Crippen LogP contribution in [0.25, 0.3) is 0 Å². The number of aromatic nitrogens is 1. The predicted octanol–water partition coefficient (Wildman–Crippen LogP) is 1.88. The van der Waals surface area contributed by atoms with Crippen molar-refractivity contribution in [3.8, 4) is 0 Å². The van der Waals surface area contributed by atoms with E-state index in [0.29, 0.717) is 38.6 Å². The van der Waals surface area contributed by atoms with Gasteiger partial charge in [0, 0.05) is 24.8 Å². The molecule has 30 heavy (non-hydrogen) atoms. The van der Waals surface area contributed by atoms with E-state index < -0.39 is 0 Å². The molecule has 2 aliphatic rings. The molecule has 2 aliphatic heterocycles. The van der Waals surface area contributed by atoms with Crippen LogP contribution in [0, 0.1) is 5.82 Å². The van der Waals surface area contributed by atoms with Crippen molar-refractivity contribution >= 4 is 5.91 Å². The van der Waals surface area contributed by atoms with Crippen LogP contribution in [0.2, 0.25) is 0 Å². The van der Waals surface area contributed by atoms with E-state index in [2.05, 4.69) is 22.9 Å². The van der Waals surface area contributed by atoms with Gasteiger partial charge in [0.1, 0.15) is 12.4 Å². The number of nitrogens with zero attached hydrogens (tertiary/aromatic N) is 2. The van der Waals surface area contributed by atoms with E-state index in [1.807, 2.05) is 18.2 Å². The van der Waals surface area contributed by atoms with Crippen molar-refractivity contribution in [3.05, 3.63) is 83.3 Å². The summed E-state index contributed by atoms with van der Waals surface area (Å²) in [6.45, 7) is 4.80. The molecule has 2 aromatic heterocycles. The summed E-state index contributed by atoms with van der Waals surface area (Å²) in [5.41, 5.74) is 2.28. The standard InChI is InChI=1S/C23H24FN3O3/c24-18-5-3-17(4-6-18)22-20-2-1-9-25(20)10-11-27(22)16-19-7-8-21(30-19)23(28)26-12-14-29-15-13-26/h1-9,22H,10-16H2/p+1/t22-/m1/s1. The summed E-state index contributed by atoms with van der Waals surface area (Å²) < 4.78 is 27.0. The molecule has 3 aromatic rings. The molecule has 0 aliphatic carbocycles. The number of carbonyl (C=O) groups excluding carboxylic acids is 1. The molecule has 7 heteroatoms. The van der Waals surface area contributed by atoms with Crippen molar-refractivity contribution in [2.75, 3.05) is 32.8 Å². The van der Waals surface area contributed by atoms with Crippen LogP contribution >= 0.6 is 0 Å². The van der Waals surface area contributed by atoms with Crippen molar-refractivity contribution in [3.63, 3.8) is 0 Å². The first kappa shape index (κ1) is 19.1. The van der Waals surface area contributed by atoms with Crippen molar-refractivity contribution < 1.29 is 23.2 Å². The lowest BCUT2D eigenvalue weighted by atomic mass is 9.99. The first-order chi connectivity index (χ1) is 14.7. The Hall–Kier alpha value is -2.90. The SMILES string of the molecule is O=C(c1ccc(C[NH+]2CCn3cccc3[C@H]2c2ccc(F)cc2)o1)N1CCOCC1. The largest absolute Gasteiger partial charge is 0.450 e. The predicted molar refractivity (Wildman–Crippen MR) is 108 cm³/mol. The van der Waals surface area contributed by atoms with Gasteiger partial charge in [0.25, 0.3) is 5.91 Å².